The van der Waals surface area contributed by atoms with Gasteiger partial charge in [-0.3, -0.25) is 4.79 Å². The van der Waals surface area contributed by atoms with Crippen LogP contribution in [0.2, 0.25) is 0 Å². The van der Waals surface area contributed by atoms with Crippen LogP contribution in [0.5, 0.6) is 0 Å². The van der Waals surface area contributed by atoms with Crippen molar-refractivity contribution in [2.45, 2.75) is 31.5 Å². The maximum absolute atomic E-state index is 11.4. The number of rotatable bonds is 3. The Morgan fingerprint density at radius 3 is 3.07 bits per heavy atom. The highest BCUT2D eigenvalue weighted by Crippen LogP contribution is 2.67. The molecular formula is C11H14O3. The molecule has 2 saturated carbocycles. The number of carbonyl (C=O) groups is 1. The fourth-order valence-corrected chi connectivity index (χ4v) is 3.65. The van der Waals surface area contributed by atoms with Crippen molar-refractivity contribution in [1.82, 2.24) is 0 Å². The van der Waals surface area contributed by atoms with Crippen molar-refractivity contribution in [3.8, 4) is 0 Å². The van der Waals surface area contributed by atoms with Crippen molar-refractivity contribution in [3.63, 3.8) is 0 Å². The van der Waals surface area contributed by atoms with Gasteiger partial charge in [0.15, 0.2) is 0 Å². The molecule has 1 N–H and O–H groups in total. The molecule has 14 heavy (non-hydrogen) atoms. The lowest BCUT2D eigenvalue weighted by atomic mass is 9.73. The molecule has 0 aromatic carbocycles. The second-order valence-electron chi connectivity index (χ2n) is 4.79. The van der Waals surface area contributed by atoms with Gasteiger partial charge in [-0.25, -0.2) is 0 Å². The standard InChI is InChI=1S/C11H14O3/c1-2-3-7-4-6-5-11(7,10(12)13)9-8(6)14-9/h2,6-9H,1,3-5H2,(H,12,13). The Kier molecular flexibility index (Phi) is 1.45. The topological polar surface area (TPSA) is 49.8 Å². The van der Waals surface area contributed by atoms with Gasteiger partial charge in [0.2, 0.25) is 0 Å². The van der Waals surface area contributed by atoms with Gasteiger partial charge in [0, 0.05) is 0 Å². The first kappa shape index (κ1) is 8.48. The Labute approximate surface area is 82.8 Å². The molecule has 2 bridgehead atoms. The molecule has 0 amide bonds. The van der Waals surface area contributed by atoms with Gasteiger partial charge in [-0.2, -0.15) is 0 Å². The summed E-state index contributed by atoms with van der Waals surface area (Å²) in [5.41, 5.74) is -0.566. The van der Waals surface area contributed by atoms with Crippen LogP contribution in [0, 0.1) is 17.3 Å². The molecule has 1 aliphatic heterocycles. The molecule has 5 atom stereocenters. The molecule has 5 unspecified atom stereocenters. The third kappa shape index (κ3) is 0.753. The Morgan fingerprint density at radius 2 is 2.50 bits per heavy atom. The largest absolute Gasteiger partial charge is 0.481 e. The Morgan fingerprint density at radius 1 is 1.71 bits per heavy atom. The SMILES string of the molecule is C=CCC1CC2CC1(C(=O)O)C1OC21. The summed E-state index contributed by atoms with van der Waals surface area (Å²) in [6.07, 6.45) is 4.79. The van der Waals surface area contributed by atoms with Crippen LogP contribution in [0.25, 0.3) is 0 Å². The zero-order valence-electron chi connectivity index (χ0n) is 7.98. The van der Waals surface area contributed by atoms with Crippen LogP contribution in [-0.2, 0) is 9.53 Å². The fourth-order valence-electron chi connectivity index (χ4n) is 3.65. The van der Waals surface area contributed by atoms with Crippen LogP contribution in [0.1, 0.15) is 19.3 Å². The highest BCUT2D eigenvalue weighted by molar-refractivity contribution is 5.78. The second kappa shape index (κ2) is 2.40. The van der Waals surface area contributed by atoms with Gasteiger partial charge in [-0.05, 0) is 31.1 Å². The first-order valence-corrected chi connectivity index (χ1v) is 5.20. The lowest BCUT2D eigenvalue weighted by Crippen LogP contribution is -2.39. The van der Waals surface area contributed by atoms with Gasteiger partial charge in [0.1, 0.15) is 6.10 Å². The van der Waals surface area contributed by atoms with E-state index in [0.29, 0.717) is 5.92 Å². The summed E-state index contributed by atoms with van der Waals surface area (Å²) in [5, 5.41) is 9.37. The predicted molar refractivity (Wildman–Crippen MR) is 49.8 cm³/mol. The number of aliphatic carboxylic acids is 1. The molecule has 76 valence electrons. The highest BCUT2D eigenvalue weighted by Gasteiger charge is 2.74. The minimum atomic E-state index is -0.656. The molecule has 3 nitrogen and oxygen atoms in total. The van der Waals surface area contributed by atoms with Gasteiger partial charge in [-0.1, -0.05) is 6.08 Å². The number of fused-ring (bicyclic) bond motifs is 5. The van der Waals surface area contributed by atoms with Crippen molar-refractivity contribution in [3.05, 3.63) is 12.7 Å². The Balaban J connectivity index is 1.96. The van der Waals surface area contributed by atoms with E-state index in [4.69, 9.17) is 4.74 Å². The number of allylic oxidation sites excluding steroid dienone is 1. The number of carboxylic acid groups (broad SMARTS) is 1. The van der Waals surface area contributed by atoms with E-state index in [9.17, 15) is 9.90 Å². The Hall–Kier alpha value is -0.830. The predicted octanol–water partition coefficient (Wildman–Crippen LogP) is 1.44. The van der Waals surface area contributed by atoms with Crippen molar-refractivity contribution in [2.24, 2.45) is 17.3 Å². The quantitative estimate of drug-likeness (QED) is 0.546. The van der Waals surface area contributed by atoms with E-state index in [1.807, 2.05) is 6.08 Å². The summed E-state index contributed by atoms with van der Waals surface area (Å²) >= 11 is 0. The molecule has 0 spiro atoms. The summed E-state index contributed by atoms with van der Waals surface area (Å²) in [5.74, 6) is 0.101. The van der Waals surface area contributed by atoms with Crippen molar-refractivity contribution < 1.29 is 14.6 Å². The summed E-state index contributed by atoms with van der Waals surface area (Å²) < 4.78 is 5.47. The van der Waals surface area contributed by atoms with E-state index >= 15 is 0 Å². The van der Waals surface area contributed by atoms with E-state index in [0.717, 1.165) is 19.3 Å². The number of ether oxygens (including phenoxy) is 1. The summed E-state index contributed by atoms with van der Waals surface area (Å²) in [6, 6.07) is 0. The second-order valence-corrected chi connectivity index (χ2v) is 4.79. The van der Waals surface area contributed by atoms with Gasteiger partial charge in [0.25, 0.3) is 0 Å². The Bertz CT molecular complexity index is 312. The van der Waals surface area contributed by atoms with Crippen LogP contribution in [0.15, 0.2) is 12.7 Å². The summed E-state index contributed by atoms with van der Waals surface area (Å²) in [7, 11) is 0. The van der Waals surface area contributed by atoms with Crippen LogP contribution in [0.4, 0.5) is 0 Å². The van der Waals surface area contributed by atoms with Crippen LogP contribution in [-0.4, -0.2) is 23.3 Å². The van der Waals surface area contributed by atoms with Crippen molar-refractivity contribution in [2.75, 3.05) is 0 Å². The fraction of sp³-hybridized carbons (Fsp3) is 0.727. The average molecular weight is 194 g/mol. The zero-order chi connectivity index (χ0) is 9.92. The number of hydrogen-bond acceptors (Lipinski definition) is 2. The van der Waals surface area contributed by atoms with E-state index in [1.54, 1.807) is 0 Å². The molecule has 0 aromatic heterocycles. The normalized spacial score (nSPS) is 52.9. The molecule has 0 aromatic rings. The van der Waals surface area contributed by atoms with Gasteiger partial charge >= 0.3 is 5.97 Å². The number of epoxide rings is 1. The minimum absolute atomic E-state index is 0.0173. The van der Waals surface area contributed by atoms with Gasteiger partial charge in [0.05, 0.1) is 11.5 Å². The smallest absolute Gasteiger partial charge is 0.312 e. The lowest BCUT2D eigenvalue weighted by Gasteiger charge is -2.28. The summed E-state index contributed by atoms with van der Waals surface area (Å²) in [6.45, 7) is 3.70. The third-order valence-electron chi connectivity index (χ3n) is 4.26. The average Bonchev–Trinajstić information content (AvgIpc) is 2.79. The van der Waals surface area contributed by atoms with E-state index in [1.165, 1.54) is 0 Å². The van der Waals surface area contributed by atoms with Gasteiger partial charge < -0.3 is 9.84 Å². The van der Waals surface area contributed by atoms with Crippen LogP contribution < -0.4 is 0 Å². The van der Waals surface area contributed by atoms with E-state index in [2.05, 4.69) is 6.58 Å². The molecular weight excluding hydrogens is 180 g/mol. The molecule has 3 fully saturated rings. The van der Waals surface area contributed by atoms with Crippen LogP contribution >= 0.6 is 0 Å². The van der Waals surface area contributed by atoms with Gasteiger partial charge in [-0.15, -0.1) is 6.58 Å². The monoisotopic (exact) mass is 194 g/mol. The molecule has 1 saturated heterocycles. The van der Waals surface area contributed by atoms with Crippen molar-refractivity contribution >= 4 is 5.97 Å². The molecule has 1 heterocycles. The van der Waals surface area contributed by atoms with E-state index < -0.39 is 11.4 Å². The number of hydrogen-bond donors (Lipinski definition) is 1. The van der Waals surface area contributed by atoms with Crippen LogP contribution in [0.3, 0.4) is 0 Å². The maximum Gasteiger partial charge on any atom is 0.312 e. The molecule has 3 rings (SSSR count). The first-order chi connectivity index (χ1) is 6.70. The minimum Gasteiger partial charge on any atom is -0.481 e. The third-order valence-corrected chi connectivity index (χ3v) is 4.26. The number of carboxylic acids is 1. The summed E-state index contributed by atoms with van der Waals surface area (Å²) in [4.78, 5) is 11.4. The molecule has 2 aliphatic carbocycles. The van der Waals surface area contributed by atoms with E-state index in [-0.39, 0.29) is 18.1 Å². The first-order valence-electron chi connectivity index (χ1n) is 5.20. The van der Waals surface area contributed by atoms with Crippen molar-refractivity contribution in [1.29, 1.82) is 0 Å². The maximum atomic E-state index is 11.4. The zero-order valence-corrected chi connectivity index (χ0v) is 7.98. The molecule has 0 radical (unpaired) electrons. The molecule has 3 heteroatoms. The highest BCUT2D eigenvalue weighted by atomic mass is 16.6. The molecule has 3 aliphatic rings. The lowest BCUT2D eigenvalue weighted by molar-refractivity contribution is -0.152.